The van der Waals surface area contributed by atoms with E-state index < -0.39 is 0 Å². The van der Waals surface area contributed by atoms with Crippen LogP contribution in [0, 0.1) is 0 Å². The minimum atomic E-state index is 0.333. The second kappa shape index (κ2) is 7.86. The van der Waals surface area contributed by atoms with Gasteiger partial charge in [0, 0.05) is 6.42 Å². The molecule has 0 radical (unpaired) electrons. The van der Waals surface area contributed by atoms with E-state index in [4.69, 9.17) is 10.9 Å². The molecule has 0 aliphatic heterocycles. The summed E-state index contributed by atoms with van der Waals surface area (Å²) in [6.07, 6.45) is 2.79. The van der Waals surface area contributed by atoms with Gasteiger partial charge < -0.3 is 15.8 Å². The number of amidine groups is 1. The summed E-state index contributed by atoms with van der Waals surface area (Å²) in [5.74, 6) is 0.333. The molecule has 4 heteroatoms. The van der Waals surface area contributed by atoms with Crippen LogP contribution in [0.15, 0.2) is 5.16 Å². The van der Waals surface area contributed by atoms with Crippen LogP contribution in [0.3, 0.4) is 0 Å². The van der Waals surface area contributed by atoms with Crippen molar-refractivity contribution in [1.29, 1.82) is 0 Å². The monoisotopic (exact) mass is 187 g/mol. The first-order chi connectivity index (χ1) is 6.24. The number of nitrogens with zero attached hydrogens (tertiary/aromatic N) is 2. The van der Waals surface area contributed by atoms with Crippen molar-refractivity contribution in [1.82, 2.24) is 4.90 Å². The molecule has 3 N–H and O–H groups in total. The molecule has 0 amide bonds. The Morgan fingerprint density at radius 3 is 2.38 bits per heavy atom. The normalized spacial score (nSPS) is 12.4. The van der Waals surface area contributed by atoms with Gasteiger partial charge in [0.05, 0.1) is 0 Å². The van der Waals surface area contributed by atoms with Gasteiger partial charge >= 0.3 is 0 Å². The summed E-state index contributed by atoms with van der Waals surface area (Å²) in [5, 5.41) is 11.2. The van der Waals surface area contributed by atoms with Gasteiger partial charge in [-0.15, -0.1) is 0 Å². The fourth-order valence-electron chi connectivity index (χ4n) is 1.23. The number of oxime groups is 1. The highest BCUT2D eigenvalue weighted by atomic mass is 16.4. The molecule has 0 saturated heterocycles. The van der Waals surface area contributed by atoms with E-state index in [0.29, 0.717) is 12.3 Å². The van der Waals surface area contributed by atoms with Crippen molar-refractivity contribution in [3.05, 3.63) is 0 Å². The number of rotatable bonds is 7. The Morgan fingerprint density at radius 1 is 1.31 bits per heavy atom. The molecule has 0 aliphatic rings. The Hall–Kier alpha value is -0.770. The van der Waals surface area contributed by atoms with E-state index in [1.54, 1.807) is 0 Å². The average Bonchev–Trinajstić information content (AvgIpc) is 2.18. The van der Waals surface area contributed by atoms with Crippen LogP contribution in [0.1, 0.15) is 33.1 Å². The van der Waals surface area contributed by atoms with Crippen molar-refractivity contribution < 1.29 is 5.21 Å². The second-order valence-electron chi connectivity index (χ2n) is 3.08. The molecule has 0 spiro atoms. The molecule has 0 aliphatic carbocycles. The van der Waals surface area contributed by atoms with Gasteiger partial charge in [0.15, 0.2) is 0 Å². The summed E-state index contributed by atoms with van der Waals surface area (Å²) in [5.41, 5.74) is 5.34. The zero-order valence-electron chi connectivity index (χ0n) is 8.66. The summed E-state index contributed by atoms with van der Waals surface area (Å²) in [6, 6.07) is 0. The van der Waals surface area contributed by atoms with Crippen molar-refractivity contribution in [2.24, 2.45) is 10.9 Å². The van der Waals surface area contributed by atoms with Crippen molar-refractivity contribution >= 4 is 5.84 Å². The van der Waals surface area contributed by atoms with E-state index in [1.807, 2.05) is 0 Å². The third-order valence-corrected chi connectivity index (χ3v) is 2.18. The predicted octanol–water partition coefficient (Wildman–Crippen LogP) is 1.24. The SMILES string of the molecule is CCN(CC)CCCCC(N)=NO. The summed E-state index contributed by atoms with van der Waals surface area (Å²) in [4.78, 5) is 2.37. The molecule has 0 bridgehead atoms. The minimum Gasteiger partial charge on any atom is -0.409 e. The number of hydrogen-bond donors (Lipinski definition) is 2. The van der Waals surface area contributed by atoms with E-state index in [1.165, 1.54) is 0 Å². The summed E-state index contributed by atoms with van der Waals surface area (Å²) in [7, 11) is 0. The van der Waals surface area contributed by atoms with Gasteiger partial charge in [-0.05, 0) is 32.5 Å². The lowest BCUT2D eigenvalue weighted by molar-refractivity contribution is 0.296. The smallest absolute Gasteiger partial charge is 0.139 e. The Morgan fingerprint density at radius 2 is 1.92 bits per heavy atom. The molecular formula is C9H21N3O. The highest BCUT2D eigenvalue weighted by molar-refractivity contribution is 5.79. The molecular weight excluding hydrogens is 166 g/mol. The van der Waals surface area contributed by atoms with Gasteiger partial charge in [0.1, 0.15) is 5.84 Å². The number of hydrogen-bond acceptors (Lipinski definition) is 3. The van der Waals surface area contributed by atoms with Gasteiger partial charge in [-0.3, -0.25) is 0 Å². The molecule has 0 fully saturated rings. The van der Waals surface area contributed by atoms with Crippen molar-refractivity contribution in [3.63, 3.8) is 0 Å². The third-order valence-electron chi connectivity index (χ3n) is 2.18. The predicted molar refractivity (Wildman–Crippen MR) is 55.0 cm³/mol. The van der Waals surface area contributed by atoms with Crippen LogP contribution in [0.5, 0.6) is 0 Å². The maximum absolute atomic E-state index is 8.29. The second-order valence-corrected chi connectivity index (χ2v) is 3.08. The van der Waals surface area contributed by atoms with Gasteiger partial charge in [0.25, 0.3) is 0 Å². The molecule has 78 valence electrons. The third kappa shape index (κ3) is 6.40. The van der Waals surface area contributed by atoms with Crippen LogP contribution in [0.2, 0.25) is 0 Å². The van der Waals surface area contributed by atoms with E-state index in [-0.39, 0.29) is 0 Å². The summed E-state index contributed by atoms with van der Waals surface area (Å²) in [6.45, 7) is 7.62. The first kappa shape index (κ1) is 12.2. The zero-order valence-corrected chi connectivity index (χ0v) is 8.66. The van der Waals surface area contributed by atoms with E-state index in [2.05, 4.69) is 23.9 Å². The fourth-order valence-corrected chi connectivity index (χ4v) is 1.23. The molecule has 0 atom stereocenters. The van der Waals surface area contributed by atoms with Crippen LogP contribution in [0.4, 0.5) is 0 Å². The quantitative estimate of drug-likeness (QED) is 0.207. The first-order valence-electron chi connectivity index (χ1n) is 4.93. The minimum absolute atomic E-state index is 0.333. The standard InChI is InChI=1S/C9H21N3O/c1-3-12(4-2)8-6-5-7-9(10)11-13/h13H,3-8H2,1-2H3,(H2,10,11). The van der Waals surface area contributed by atoms with Crippen LogP contribution in [-0.4, -0.2) is 35.6 Å². The first-order valence-corrected chi connectivity index (χ1v) is 4.93. The summed E-state index contributed by atoms with van der Waals surface area (Å²) >= 11 is 0. The van der Waals surface area contributed by atoms with Crippen LogP contribution in [0.25, 0.3) is 0 Å². The maximum Gasteiger partial charge on any atom is 0.139 e. The lowest BCUT2D eigenvalue weighted by Gasteiger charge is -2.17. The highest BCUT2D eigenvalue weighted by Crippen LogP contribution is 1.98. The Kier molecular flexibility index (Phi) is 7.39. The van der Waals surface area contributed by atoms with Crippen molar-refractivity contribution in [2.45, 2.75) is 33.1 Å². The van der Waals surface area contributed by atoms with Crippen molar-refractivity contribution in [2.75, 3.05) is 19.6 Å². The molecule has 0 aromatic heterocycles. The van der Waals surface area contributed by atoms with E-state index in [0.717, 1.165) is 32.5 Å². The molecule has 4 nitrogen and oxygen atoms in total. The van der Waals surface area contributed by atoms with Crippen LogP contribution < -0.4 is 5.73 Å². The van der Waals surface area contributed by atoms with Gasteiger partial charge in [-0.2, -0.15) is 0 Å². The maximum atomic E-state index is 8.29. The van der Waals surface area contributed by atoms with E-state index >= 15 is 0 Å². The summed E-state index contributed by atoms with van der Waals surface area (Å²) < 4.78 is 0. The average molecular weight is 187 g/mol. The molecule has 0 rings (SSSR count). The van der Waals surface area contributed by atoms with Gasteiger partial charge in [-0.1, -0.05) is 19.0 Å². The van der Waals surface area contributed by atoms with Crippen molar-refractivity contribution in [3.8, 4) is 0 Å². The van der Waals surface area contributed by atoms with Gasteiger partial charge in [0.2, 0.25) is 0 Å². The lowest BCUT2D eigenvalue weighted by Crippen LogP contribution is -2.24. The molecule has 0 saturated carbocycles. The Bertz CT molecular complexity index is 144. The molecule has 0 unspecified atom stereocenters. The Labute approximate surface area is 80.4 Å². The molecule has 0 aromatic carbocycles. The number of unbranched alkanes of at least 4 members (excludes halogenated alkanes) is 1. The van der Waals surface area contributed by atoms with Crippen LogP contribution in [-0.2, 0) is 0 Å². The number of nitrogens with two attached hydrogens (primary N) is 1. The van der Waals surface area contributed by atoms with Gasteiger partial charge in [-0.25, -0.2) is 0 Å². The zero-order chi connectivity index (χ0) is 10.1. The topological polar surface area (TPSA) is 61.8 Å². The molecule has 0 heterocycles. The highest BCUT2D eigenvalue weighted by Gasteiger charge is 1.98. The largest absolute Gasteiger partial charge is 0.409 e. The molecule has 13 heavy (non-hydrogen) atoms. The lowest BCUT2D eigenvalue weighted by atomic mass is 10.2. The van der Waals surface area contributed by atoms with E-state index in [9.17, 15) is 0 Å². The molecule has 0 aromatic rings. The fraction of sp³-hybridized carbons (Fsp3) is 0.889. The van der Waals surface area contributed by atoms with Crippen LogP contribution >= 0.6 is 0 Å². The Balaban J connectivity index is 3.34.